The van der Waals surface area contributed by atoms with Gasteiger partial charge in [0.25, 0.3) is 0 Å². The maximum atomic E-state index is 9.11. The summed E-state index contributed by atoms with van der Waals surface area (Å²) in [5, 5.41) is 0. The summed E-state index contributed by atoms with van der Waals surface area (Å²) >= 11 is -4.66. The molecule has 200 valence electrons. The van der Waals surface area contributed by atoms with Crippen molar-refractivity contribution in [2.24, 2.45) is 0 Å². The molecular formula is C36H52Ge. The van der Waals surface area contributed by atoms with Gasteiger partial charge in [-0.15, -0.1) is 0 Å². The minimum atomic E-state index is -4.66. The summed E-state index contributed by atoms with van der Waals surface area (Å²) in [7, 11) is 0. The second kappa shape index (κ2) is 11.9. The van der Waals surface area contributed by atoms with Crippen molar-refractivity contribution >= 4 is 20.5 Å². The van der Waals surface area contributed by atoms with Gasteiger partial charge in [0.2, 0.25) is 0 Å². The van der Waals surface area contributed by atoms with E-state index in [0.29, 0.717) is 16.2 Å². The van der Waals surface area contributed by atoms with Crippen LogP contribution in [0.2, 0.25) is 0 Å². The Hall–Kier alpha value is -1.80. The molecule has 0 nitrogen and oxygen atoms in total. The Labute approximate surface area is 239 Å². The van der Waals surface area contributed by atoms with Crippen molar-refractivity contribution in [1.29, 1.82) is 2.78 Å². The molecule has 3 aromatic rings. The van der Waals surface area contributed by atoms with Crippen molar-refractivity contribution < 1.29 is 0 Å². The molecule has 0 heterocycles. The predicted octanol–water partition coefficient (Wildman–Crippen LogP) is 9.75. The van der Waals surface area contributed by atoms with Crippen LogP contribution in [0, 0.1) is 0 Å². The Morgan fingerprint density at radius 1 is 0.486 bits per heavy atom. The minimum absolute atomic E-state index is 0.287. The molecular weight excluding hydrogens is 505 g/mol. The van der Waals surface area contributed by atoms with Gasteiger partial charge in [-0.3, -0.25) is 0 Å². The van der Waals surface area contributed by atoms with Crippen molar-refractivity contribution in [1.82, 2.24) is 0 Å². The van der Waals surface area contributed by atoms with Crippen molar-refractivity contribution in [3.8, 4) is 22.3 Å². The van der Waals surface area contributed by atoms with Crippen LogP contribution in [0.15, 0.2) is 42.5 Å². The van der Waals surface area contributed by atoms with E-state index in [2.05, 4.69) is 126 Å². The summed E-state index contributed by atoms with van der Waals surface area (Å²) in [4.78, 5) is 0. The van der Waals surface area contributed by atoms with Crippen molar-refractivity contribution in [3.63, 3.8) is 0 Å². The van der Waals surface area contributed by atoms with Crippen LogP contribution in [0.25, 0.3) is 22.3 Å². The molecule has 0 spiro atoms. The fraction of sp³-hybridized carbons (Fsp3) is 0.500. The third kappa shape index (κ3) is 6.11. The molecule has 0 saturated carbocycles. The van der Waals surface area contributed by atoms with E-state index in [1.54, 1.807) is 0 Å². The first kappa shape index (κ1) is 25.5. The Morgan fingerprint density at radius 2 is 0.784 bits per heavy atom. The van der Waals surface area contributed by atoms with Gasteiger partial charge in [-0.05, 0) is 0 Å². The van der Waals surface area contributed by atoms with Gasteiger partial charge in [0.05, 0.1) is 0 Å². The standard InChI is InChI=1S/C36H52Ge/c1-20(2)26-16-30(22(5)6)34(31(17-26)23(7)8)28-14-13-15-29(36(28)37)35-32(24(9)10)18-27(21(3)4)19-33(35)25(11)12/h13-25H,1-12,37H3/i37D3. The topological polar surface area (TPSA) is 0 Å². The molecule has 0 atom stereocenters. The second-order valence-electron chi connectivity index (χ2n) is 12.8. The number of hydrogen-bond donors (Lipinski definition) is 0. The Bertz CT molecular complexity index is 1190. The van der Waals surface area contributed by atoms with Crippen LogP contribution in [-0.2, 0) is 0 Å². The summed E-state index contributed by atoms with van der Waals surface area (Å²) in [6.07, 6.45) is 0. The molecule has 0 unspecified atom stereocenters. The summed E-state index contributed by atoms with van der Waals surface area (Å²) in [5.41, 5.74) is 11.9. The second-order valence-corrected chi connectivity index (χ2v) is 13.9. The fourth-order valence-corrected chi connectivity index (χ4v) is 6.38. The normalized spacial score (nSPS) is 13.8. The molecule has 0 aliphatic heterocycles. The Kier molecular flexibility index (Phi) is 8.22. The monoisotopic (exact) mass is 561 g/mol. The SMILES string of the molecule is [2H][Ge]([2H])([2H])[c]1c(-c2c(C(C)C)cc(C(C)C)cc2C(C)C)cccc1-c1c(C(C)C)cc(C(C)C)cc1C(C)C. The Balaban J connectivity index is 2.60. The van der Waals surface area contributed by atoms with Crippen molar-refractivity contribution in [2.45, 2.75) is 119 Å². The number of rotatable bonds is 9. The molecule has 0 aromatic heterocycles. The molecule has 0 radical (unpaired) electrons. The van der Waals surface area contributed by atoms with Gasteiger partial charge in [-0.1, -0.05) is 0 Å². The van der Waals surface area contributed by atoms with Gasteiger partial charge in [-0.2, -0.15) is 0 Å². The first-order valence-electron chi connectivity index (χ1n) is 16.0. The van der Waals surface area contributed by atoms with Crippen LogP contribution in [-0.4, -0.2) is 18.9 Å². The van der Waals surface area contributed by atoms with E-state index in [1.807, 2.05) is 0 Å². The molecule has 0 saturated heterocycles. The summed E-state index contributed by atoms with van der Waals surface area (Å²) in [5.74, 6) is 1.97. The molecule has 37 heavy (non-hydrogen) atoms. The fourth-order valence-electron chi connectivity index (χ4n) is 5.50. The molecule has 0 aliphatic carbocycles. The van der Waals surface area contributed by atoms with E-state index in [-0.39, 0.29) is 23.7 Å². The summed E-state index contributed by atoms with van der Waals surface area (Å²) in [6.45, 7) is 26.9. The predicted molar refractivity (Wildman–Crippen MR) is 171 cm³/mol. The molecule has 0 fully saturated rings. The molecule has 3 aromatic carbocycles. The van der Waals surface area contributed by atoms with Gasteiger partial charge in [0.1, 0.15) is 0 Å². The van der Waals surface area contributed by atoms with Crippen LogP contribution in [0.4, 0.5) is 0 Å². The van der Waals surface area contributed by atoms with E-state index in [9.17, 15) is 0 Å². The molecule has 0 bridgehead atoms. The first-order chi connectivity index (χ1) is 18.5. The third-order valence-corrected chi connectivity index (χ3v) is 9.00. The van der Waals surface area contributed by atoms with Gasteiger partial charge >= 0.3 is 240 Å². The van der Waals surface area contributed by atoms with Crippen LogP contribution < -0.4 is 4.40 Å². The third-order valence-electron chi connectivity index (χ3n) is 7.87. The van der Waals surface area contributed by atoms with Crippen LogP contribution in [0.1, 0.15) is 152 Å². The van der Waals surface area contributed by atoms with Gasteiger partial charge in [-0.25, -0.2) is 0 Å². The summed E-state index contributed by atoms with van der Waals surface area (Å²) < 4.78 is 28.0. The average Bonchev–Trinajstić information content (AvgIpc) is 2.85. The molecule has 0 N–H and O–H groups in total. The molecule has 1 heteroatoms. The van der Waals surface area contributed by atoms with Crippen molar-refractivity contribution in [3.05, 3.63) is 75.8 Å². The van der Waals surface area contributed by atoms with Gasteiger partial charge < -0.3 is 0 Å². The van der Waals surface area contributed by atoms with E-state index < -0.39 is 16.1 Å². The zero-order valence-corrected chi connectivity index (χ0v) is 27.6. The molecule has 0 amide bonds. The zero-order chi connectivity index (χ0) is 30.3. The van der Waals surface area contributed by atoms with Gasteiger partial charge in [0, 0.05) is 0 Å². The van der Waals surface area contributed by atoms with Gasteiger partial charge in [0.15, 0.2) is 0 Å². The van der Waals surface area contributed by atoms with E-state index in [4.69, 9.17) is 2.78 Å². The van der Waals surface area contributed by atoms with Crippen molar-refractivity contribution in [2.75, 3.05) is 0 Å². The van der Waals surface area contributed by atoms with Crippen LogP contribution in [0.3, 0.4) is 0 Å². The number of benzene rings is 3. The average molecular weight is 560 g/mol. The quantitative estimate of drug-likeness (QED) is 0.229. The van der Waals surface area contributed by atoms with Crippen LogP contribution in [0.5, 0.6) is 0 Å². The Morgan fingerprint density at radius 3 is 1.00 bits per heavy atom. The van der Waals surface area contributed by atoms with E-state index in [0.717, 1.165) is 22.3 Å². The molecule has 0 aliphatic rings. The number of hydrogen-bond acceptors (Lipinski definition) is 0. The summed E-state index contributed by atoms with van der Waals surface area (Å²) in [6, 6.07) is 15.7. The van der Waals surface area contributed by atoms with E-state index >= 15 is 0 Å². The van der Waals surface area contributed by atoms with Crippen LogP contribution >= 0.6 is 0 Å². The van der Waals surface area contributed by atoms with E-state index in [1.165, 1.54) is 33.4 Å². The zero-order valence-electron chi connectivity index (χ0n) is 28.5. The molecule has 3 rings (SSSR count). The maximum absolute atomic E-state index is 9.11. The first-order valence-corrected chi connectivity index (χ1v) is 15.5.